The third kappa shape index (κ3) is 3.46. The number of nitrogens with zero attached hydrogens (tertiary/aromatic N) is 2. The van der Waals surface area contributed by atoms with Crippen LogP contribution in [-0.2, 0) is 9.53 Å². The van der Waals surface area contributed by atoms with Crippen LogP contribution in [0.5, 0.6) is 0 Å². The number of piperidine rings is 1. The SMILES string of the molecule is CCOC(=O)C(C1CCN(C)CC1)N(C)C. The molecule has 0 N–H and O–H groups in total. The first kappa shape index (κ1) is 13.5. The first-order valence-corrected chi connectivity index (χ1v) is 6.07. The second kappa shape index (κ2) is 6.21. The van der Waals surface area contributed by atoms with Crippen LogP contribution in [0.15, 0.2) is 0 Å². The lowest BCUT2D eigenvalue weighted by atomic mass is 9.89. The van der Waals surface area contributed by atoms with Gasteiger partial charge in [0.2, 0.25) is 0 Å². The van der Waals surface area contributed by atoms with Crippen LogP contribution in [0.1, 0.15) is 19.8 Å². The van der Waals surface area contributed by atoms with Crippen LogP contribution in [0.3, 0.4) is 0 Å². The summed E-state index contributed by atoms with van der Waals surface area (Å²) in [7, 11) is 6.05. The van der Waals surface area contributed by atoms with Crippen LogP contribution in [0, 0.1) is 5.92 Å². The molecule has 0 aliphatic carbocycles. The molecule has 0 bridgehead atoms. The van der Waals surface area contributed by atoms with E-state index in [0.29, 0.717) is 12.5 Å². The normalized spacial score (nSPS) is 21.1. The number of hydrogen-bond acceptors (Lipinski definition) is 4. The Hall–Kier alpha value is -0.610. The van der Waals surface area contributed by atoms with Crippen LogP contribution in [0.4, 0.5) is 0 Å². The molecular formula is C12H24N2O2. The van der Waals surface area contributed by atoms with E-state index in [-0.39, 0.29) is 12.0 Å². The van der Waals surface area contributed by atoms with Gasteiger partial charge in [0.1, 0.15) is 6.04 Å². The molecule has 4 heteroatoms. The van der Waals surface area contributed by atoms with Crippen molar-refractivity contribution >= 4 is 5.97 Å². The Bertz CT molecular complexity index is 223. The maximum absolute atomic E-state index is 11.9. The van der Waals surface area contributed by atoms with Crippen molar-refractivity contribution in [2.45, 2.75) is 25.8 Å². The molecule has 1 aliphatic rings. The van der Waals surface area contributed by atoms with Gasteiger partial charge in [0.25, 0.3) is 0 Å². The molecule has 1 saturated heterocycles. The minimum atomic E-state index is -0.0753. The monoisotopic (exact) mass is 228 g/mol. The molecule has 16 heavy (non-hydrogen) atoms. The van der Waals surface area contributed by atoms with Crippen LogP contribution >= 0.6 is 0 Å². The number of likely N-dealkylation sites (tertiary alicyclic amines) is 1. The Morgan fingerprint density at radius 3 is 2.44 bits per heavy atom. The summed E-state index contributed by atoms with van der Waals surface area (Å²) in [5.41, 5.74) is 0. The molecule has 1 unspecified atom stereocenters. The predicted molar refractivity (Wildman–Crippen MR) is 64.3 cm³/mol. The van der Waals surface area contributed by atoms with Crippen LogP contribution in [-0.4, -0.2) is 62.7 Å². The minimum Gasteiger partial charge on any atom is -0.465 e. The number of ether oxygens (including phenoxy) is 1. The fraction of sp³-hybridized carbons (Fsp3) is 0.917. The maximum atomic E-state index is 11.9. The Kier molecular flexibility index (Phi) is 5.22. The van der Waals surface area contributed by atoms with Crippen molar-refractivity contribution in [2.75, 3.05) is 40.8 Å². The topological polar surface area (TPSA) is 32.8 Å². The lowest BCUT2D eigenvalue weighted by Gasteiger charge is -2.35. The molecule has 1 aliphatic heterocycles. The number of hydrogen-bond donors (Lipinski definition) is 0. The Morgan fingerprint density at radius 2 is 2.00 bits per heavy atom. The molecule has 4 nitrogen and oxygen atoms in total. The van der Waals surface area contributed by atoms with Gasteiger partial charge in [-0.3, -0.25) is 9.69 Å². The van der Waals surface area contributed by atoms with Gasteiger partial charge in [-0.05, 0) is 59.9 Å². The first-order chi connectivity index (χ1) is 7.56. The van der Waals surface area contributed by atoms with E-state index in [0.717, 1.165) is 25.9 Å². The molecule has 1 rings (SSSR count). The summed E-state index contributed by atoms with van der Waals surface area (Å²) in [6.45, 7) is 4.48. The van der Waals surface area contributed by atoms with Gasteiger partial charge in [0, 0.05) is 0 Å². The summed E-state index contributed by atoms with van der Waals surface area (Å²) in [5, 5.41) is 0. The highest BCUT2D eigenvalue weighted by Crippen LogP contribution is 2.23. The van der Waals surface area contributed by atoms with E-state index in [1.807, 2.05) is 25.9 Å². The Balaban J connectivity index is 2.59. The smallest absolute Gasteiger partial charge is 0.323 e. The fourth-order valence-corrected chi connectivity index (χ4v) is 2.40. The third-order valence-corrected chi connectivity index (χ3v) is 3.29. The summed E-state index contributed by atoms with van der Waals surface area (Å²) in [4.78, 5) is 16.2. The molecule has 0 saturated carbocycles. The molecule has 1 atom stereocenters. The summed E-state index contributed by atoms with van der Waals surface area (Å²) in [5.74, 6) is 0.368. The van der Waals surface area contributed by atoms with Crippen molar-refractivity contribution in [1.29, 1.82) is 0 Å². The lowest BCUT2D eigenvalue weighted by molar-refractivity contribution is -0.151. The van der Waals surface area contributed by atoms with E-state index in [9.17, 15) is 4.79 Å². The molecular weight excluding hydrogens is 204 g/mol. The van der Waals surface area contributed by atoms with E-state index in [1.54, 1.807) is 0 Å². The predicted octanol–water partition coefficient (Wildman–Crippen LogP) is 0.821. The maximum Gasteiger partial charge on any atom is 0.323 e. The van der Waals surface area contributed by atoms with Crippen molar-refractivity contribution in [3.8, 4) is 0 Å². The first-order valence-electron chi connectivity index (χ1n) is 6.07. The molecule has 94 valence electrons. The van der Waals surface area contributed by atoms with Gasteiger partial charge in [0.15, 0.2) is 0 Å². The standard InChI is InChI=1S/C12H24N2O2/c1-5-16-12(15)11(13(2)3)10-6-8-14(4)9-7-10/h10-11H,5-9H2,1-4H3. The van der Waals surface area contributed by atoms with Crippen molar-refractivity contribution in [1.82, 2.24) is 9.80 Å². The van der Waals surface area contributed by atoms with E-state index < -0.39 is 0 Å². The molecule has 1 fully saturated rings. The summed E-state index contributed by atoms with van der Waals surface area (Å²) in [6.07, 6.45) is 2.16. The zero-order valence-electron chi connectivity index (χ0n) is 10.9. The van der Waals surface area contributed by atoms with Crippen molar-refractivity contribution in [3.63, 3.8) is 0 Å². The Labute approximate surface area is 98.5 Å². The molecule has 0 amide bonds. The van der Waals surface area contributed by atoms with Crippen molar-refractivity contribution in [2.24, 2.45) is 5.92 Å². The Morgan fingerprint density at radius 1 is 1.44 bits per heavy atom. The molecule has 1 heterocycles. The number of carbonyl (C=O) groups excluding carboxylic acids is 1. The highest BCUT2D eigenvalue weighted by atomic mass is 16.5. The number of likely N-dealkylation sites (N-methyl/N-ethyl adjacent to an activating group) is 1. The molecule has 0 radical (unpaired) electrons. The van der Waals surface area contributed by atoms with E-state index >= 15 is 0 Å². The lowest BCUT2D eigenvalue weighted by Crippen LogP contribution is -2.47. The van der Waals surface area contributed by atoms with Crippen LogP contribution in [0.2, 0.25) is 0 Å². The highest BCUT2D eigenvalue weighted by Gasteiger charge is 2.33. The number of carbonyl (C=O) groups is 1. The quantitative estimate of drug-likeness (QED) is 0.667. The summed E-state index contributed by atoms with van der Waals surface area (Å²) < 4.78 is 5.15. The zero-order chi connectivity index (χ0) is 12.1. The van der Waals surface area contributed by atoms with E-state index in [4.69, 9.17) is 4.74 Å². The summed E-state index contributed by atoms with van der Waals surface area (Å²) in [6, 6.07) is -0.0753. The van der Waals surface area contributed by atoms with Gasteiger partial charge in [-0.25, -0.2) is 0 Å². The van der Waals surface area contributed by atoms with Crippen molar-refractivity contribution in [3.05, 3.63) is 0 Å². The third-order valence-electron chi connectivity index (χ3n) is 3.29. The highest BCUT2D eigenvalue weighted by molar-refractivity contribution is 5.76. The van der Waals surface area contributed by atoms with Gasteiger partial charge < -0.3 is 9.64 Å². The minimum absolute atomic E-state index is 0.0675. The zero-order valence-corrected chi connectivity index (χ0v) is 10.9. The number of rotatable bonds is 4. The summed E-state index contributed by atoms with van der Waals surface area (Å²) >= 11 is 0. The van der Waals surface area contributed by atoms with E-state index in [1.165, 1.54) is 0 Å². The van der Waals surface area contributed by atoms with Gasteiger partial charge >= 0.3 is 5.97 Å². The molecule has 0 aromatic carbocycles. The molecule has 0 aromatic heterocycles. The second-order valence-corrected chi connectivity index (χ2v) is 4.80. The van der Waals surface area contributed by atoms with Gasteiger partial charge in [0.05, 0.1) is 6.61 Å². The van der Waals surface area contributed by atoms with Crippen LogP contribution in [0.25, 0.3) is 0 Å². The fourth-order valence-electron chi connectivity index (χ4n) is 2.40. The average Bonchev–Trinajstić information content (AvgIpc) is 2.21. The van der Waals surface area contributed by atoms with Crippen LogP contribution < -0.4 is 0 Å². The molecule has 0 spiro atoms. The van der Waals surface area contributed by atoms with Gasteiger partial charge in [-0.1, -0.05) is 0 Å². The average molecular weight is 228 g/mol. The largest absolute Gasteiger partial charge is 0.465 e. The van der Waals surface area contributed by atoms with Gasteiger partial charge in [-0.15, -0.1) is 0 Å². The second-order valence-electron chi connectivity index (χ2n) is 4.80. The molecule has 0 aromatic rings. The van der Waals surface area contributed by atoms with Gasteiger partial charge in [-0.2, -0.15) is 0 Å². The van der Waals surface area contributed by atoms with Crippen molar-refractivity contribution < 1.29 is 9.53 Å². The van der Waals surface area contributed by atoms with E-state index in [2.05, 4.69) is 11.9 Å². The number of esters is 1.